The fourth-order valence-electron chi connectivity index (χ4n) is 8.57. The molecule has 2 aliphatic heterocycles. The van der Waals surface area contributed by atoms with Crippen molar-refractivity contribution >= 4 is 10.8 Å². The second-order valence-electron chi connectivity index (χ2n) is 15.3. The van der Waals surface area contributed by atoms with E-state index >= 15 is 0 Å². The Bertz CT molecular complexity index is 2520. The summed E-state index contributed by atoms with van der Waals surface area (Å²) in [6.45, 7) is 15.6. The van der Waals surface area contributed by atoms with Crippen molar-refractivity contribution in [2.24, 2.45) is 0 Å². The van der Waals surface area contributed by atoms with E-state index in [0.29, 0.717) is 0 Å². The molecule has 2 aliphatic rings. The van der Waals surface area contributed by atoms with Gasteiger partial charge in [0.1, 0.15) is 5.92 Å². The summed E-state index contributed by atoms with van der Waals surface area (Å²) in [7, 11) is 0. The van der Waals surface area contributed by atoms with Crippen molar-refractivity contribution in [2.45, 2.75) is 58.0 Å². The van der Waals surface area contributed by atoms with E-state index in [1.807, 2.05) is 25.5 Å². The van der Waals surface area contributed by atoms with Gasteiger partial charge in [-0.2, -0.15) is 9.13 Å². The van der Waals surface area contributed by atoms with Crippen LogP contribution in [0.15, 0.2) is 141 Å². The summed E-state index contributed by atoms with van der Waals surface area (Å²) in [4.78, 5) is 9.16. The summed E-state index contributed by atoms with van der Waals surface area (Å²) < 4.78 is 5.01. The molecule has 4 nitrogen and oxygen atoms in total. The molecule has 4 aromatic heterocycles. The van der Waals surface area contributed by atoms with Gasteiger partial charge >= 0.3 is 0 Å². The Morgan fingerprint density at radius 3 is 2.22 bits per heavy atom. The van der Waals surface area contributed by atoms with Crippen molar-refractivity contribution in [3.8, 4) is 44.8 Å². The van der Waals surface area contributed by atoms with E-state index < -0.39 is 0 Å². The Morgan fingerprint density at radius 2 is 1.43 bits per heavy atom. The number of pyridine rings is 4. The molecule has 0 bridgehead atoms. The zero-order valence-corrected chi connectivity index (χ0v) is 29.9. The molecule has 0 fully saturated rings. The van der Waals surface area contributed by atoms with Gasteiger partial charge in [-0.3, -0.25) is 9.97 Å². The summed E-state index contributed by atoms with van der Waals surface area (Å²) in [6, 6.07) is 36.5. The fraction of sp³-hybridized carbons (Fsp3) is 0.191. The molecule has 7 aromatic rings. The molecule has 9 rings (SSSR count). The van der Waals surface area contributed by atoms with Crippen LogP contribution >= 0.6 is 0 Å². The maximum atomic E-state index is 4.59. The fourth-order valence-corrected chi connectivity index (χ4v) is 8.57. The lowest BCUT2D eigenvalue weighted by Gasteiger charge is -2.31. The van der Waals surface area contributed by atoms with Crippen LogP contribution in [0.1, 0.15) is 66.7 Å². The molecule has 0 aliphatic carbocycles. The maximum Gasteiger partial charge on any atom is 0.213 e. The third-order valence-electron chi connectivity index (χ3n) is 11.2. The normalized spacial score (nSPS) is 17.4. The number of fused-ring (bicyclic) bond motifs is 11. The third-order valence-corrected chi connectivity index (χ3v) is 11.2. The zero-order valence-electron chi connectivity index (χ0n) is 29.9. The Labute approximate surface area is 300 Å². The minimum Gasteiger partial charge on any atom is -0.264 e. The van der Waals surface area contributed by atoms with Gasteiger partial charge in [0.25, 0.3) is 0 Å². The van der Waals surface area contributed by atoms with E-state index in [0.717, 1.165) is 22.2 Å². The molecule has 0 N–H and O–H groups in total. The highest BCUT2D eigenvalue weighted by Crippen LogP contribution is 2.50. The molecular weight excluding hydrogens is 621 g/mol. The SMILES string of the molecule is C=CC1C2c3ccccc3-c3cc(C)cc[n+]3C2c2ccc(-c3ccc(-c4ccc(C)nc4)c4cnccc34)cc2-c2cc(C(C)(C)C)cc[n+]21. The van der Waals surface area contributed by atoms with Crippen molar-refractivity contribution in [2.75, 3.05) is 0 Å². The van der Waals surface area contributed by atoms with Gasteiger partial charge in [0.2, 0.25) is 11.4 Å². The van der Waals surface area contributed by atoms with E-state index in [1.165, 1.54) is 61.3 Å². The molecular formula is C47H42N4+2. The van der Waals surface area contributed by atoms with Gasteiger partial charge in [-0.05, 0) is 88.4 Å². The van der Waals surface area contributed by atoms with Gasteiger partial charge in [-0.15, -0.1) is 0 Å². The van der Waals surface area contributed by atoms with Crippen molar-refractivity contribution in [1.82, 2.24) is 9.97 Å². The van der Waals surface area contributed by atoms with Crippen LogP contribution in [0.4, 0.5) is 0 Å². The smallest absolute Gasteiger partial charge is 0.213 e. The van der Waals surface area contributed by atoms with Crippen LogP contribution in [0.3, 0.4) is 0 Å². The second-order valence-corrected chi connectivity index (χ2v) is 15.3. The van der Waals surface area contributed by atoms with E-state index in [4.69, 9.17) is 0 Å². The molecule has 3 aromatic carbocycles. The number of rotatable bonds is 3. The lowest BCUT2D eigenvalue weighted by Crippen LogP contribution is -2.52. The van der Waals surface area contributed by atoms with E-state index in [1.54, 1.807) is 0 Å². The van der Waals surface area contributed by atoms with Crippen LogP contribution in [0, 0.1) is 13.8 Å². The molecule has 4 heteroatoms. The van der Waals surface area contributed by atoms with Crippen LogP contribution in [0.25, 0.3) is 55.5 Å². The largest absolute Gasteiger partial charge is 0.264 e. The third kappa shape index (κ3) is 4.96. The van der Waals surface area contributed by atoms with Crippen LogP contribution in [-0.4, -0.2) is 9.97 Å². The van der Waals surface area contributed by atoms with Crippen molar-refractivity contribution in [3.05, 3.63) is 169 Å². The molecule has 3 atom stereocenters. The summed E-state index contributed by atoms with van der Waals surface area (Å²) in [5.41, 5.74) is 15.9. The quantitative estimate of drug-likeness (QED) is 0.139. The Kier molecular flexibility index (Phi) is 7.15. The maximum absolute atomic E-state index is 4.59. The molecule has 51 heavy (non-hydrogen) atoms. The monoisotopic (exact) mass is 662 g/mol. The predicted octanol–water partition coefficient (Wildman–Crippen LogP) is 10.2. The number of hydrogen-bond acceptors (Lipinski definition) is 2. The first-order valence-electron chi connectivity index (χ1n) is 17.9. The number of hydrogen-bond donors (Lipinski definition) is 0. The minimum atomic E-state index is -0.00848. The molecule has 0 saturated carbocycles. The summed E-state index contributed by atoms with van der Waals surface area (Å²) in [5, 5.41) is 2.30. The molecule has 3 unspecified atom stereocenters. The highest BCUT2D eigenvalue weighted by Gasteiger charge is 2.51. The molecule has 0 saturated heterocycles. The van der Waals surface area contributed by atoms with E-state index in [2.05, 4.69) is 169 Å². The van der Waals surface area contributed by atoms with Crippen LogP contribution in [0.2, 0.25) is 0 Å². The van der Waals surface area contributed by atoms with Crippen molar-refractivity contribution in [1.29, 1.82) is 0 Å². The highest BCUT2D eigenvalue weighted by atomic mass is 15.1. The van der Waals surface area contributed by atoms with Crippen molar-refractivity contribution < 1.29 is 9.13 Å². The topological polar surface area (TPSA) is 33.5 Å². The Hall–Kier alpha value is -5.74. The van der Waals surface area contributed by atoms with Crippen LogP contribution < -0.4 is 9.13 Å². The second kappa shape index (κ2) is 11.7. The predicted molar refractivity (Wildman–Crippen MR) is 206 cm³/mol. The lowest BCUT2D eigenvalue weighted by molar-refractivity contribution is -0.739. The van der Waals surface area contributed by atoms with Gasteiger partial charge in [-0.25, -0.2) is 0 Å². The minimum absolute atomic E-state index is 0.00848. The Balaban J connectivity index is 1.33. The van der Waals surface area contributed by atoms with Gasteiger partial charge in [0.05, 0.1) is 11.1 Å². The summed E-state index contributed by atoms with van der Waals surface area (Å²) in [5.74, 6) is 0.143. The lowest BCUT2D eigenvalue weighted by atomic mass is 9.75. The standard InChI is InChI=1S/C47H42N4/c1-7-42-45-38-11-9-8-10-37(38)43-24-29(2)19-22-51(43)46(45)39-15-14-31(25-40(39)44-26-33(47(4,5)6)20-23-50(42)44)34-16-17-35(32-13-12-30(3)49-27-32)41-28-48-21-18-36(34)41/h7-28,42,45-46H,1H2,2-6H3/q+2. The van der Waals surface area contributed by atoms with Gasteiger partial charge in [0, 0.05) is 65.1 Å². The number of aromatic nitrogens is 4. The molecule has 6 heterocycles. The molecule has 248 valence electrons. The molecule has 0 amide bonds. The highest BCUT2D eigenvalue weighted by molar-refractivity contribution is 6.04. The zero-order chi connectivity index (χ0) is 35.0. The first-order valence-corrected chi connectivity index (χ1v) is 17.9. The number of allylic oxidation sites excluding steroid dienone is 1. The Morgan fingerprint density at radius 1 is 0.667 bits per heavy atom. The molecule has 0 radical (unpaired) electrons. The van der Waals surface area contributed by atoms with E-state index in [9.17, 15) is 0 Å². The van der Waals surface area contributed by atoms with Crippen LogP contribution in [-0.2, 0) is 5.41 Å². The van der Waals surface area contributed by atoms with Gasteiger partial charge < -0.3 is 0 Å². The summed E-state index contributed by atoms with van der Waals surface area (Å²) in [6.07, 6.45) is 12.6. The number of benzene rings is 3. The molecule has 0 spiro atoms. The number of aryl methyl sites for hydroxylation is 2. The van der Waals surface area contributed by atoms with Crippen LogP contribution in [0.5, 0.6) is 0 Å². The average molecular weight is 663 g/mol. The van der Waals surface area contributed by atoms with Crippen molar-refractivity contribution in [3.63, 3.8) is 0 Å². The first-order chi connectivity index (χ1) is 24.7. The van der Waals surface area contributed by atoms with Gasteiger partial charge in [-0.1, -0.05) is 75.9 Å². The average Bonchev–Trinajstić information content (AvgIpc) is 3.26. The number of nitrogens with zero attached hydrogens (tertiary/aromatic N) is 4. The van der Waals surface area contributed by atoms with Gasteiger partial charge in [0.15, 0.2) is 24.5 Å². The summed E-state index contributed by atoms with van der Waals surface area (Å²) >= 11 is 0. The van der Waals surface area contributed by atoms with E-state index in [-0.39, 0.29) is 23.4 Å². The first kappa shape index (κ1) is 31.3.